The number of anilines is 1. The molecule has 132 valence electrons. The second-order valence-electron chi connectivity index (χ2n) is 5.71. The molecular formula is C17H14N4O2S3. The van der Waals surface area contributed by atoms with Crippen molar-refractivity contribution in [2.75, 3.05) is 5.32 Å². The van der Waals surface area contributed by atoms with Crippen LogP contribution in [0.4, 0.5) is 5.69 Å². The number of aryl methyl sites for hydroxylation is 1. The van der Waals surface area contributed by atoms with Gasteiger partial charge in [-0.05, 0) is 25.1 Å². The lowest BCUT2D eigenvalue weighted by Crippen LogP contribution is -2.14. The van der Waals surface area contributed by atoms with Crippen LogP contribution in [-0.4, -0.2) is 20.3 Å². The van der Waals surface area contributed by atoms with Crippen molar-refractivity contribution in [1.82, 2.24) is 14.4 Å². The molecule has 4 rings (SSSR count). The minimum absolute atomic E-state index is 0.0476. The van der Waals surface area contributed by atoms with E-state index in [-0.39, 0.29) is 11.5 Å². The molecule has 4 aromatic rings. The maximum Gasteiger partial charge on any atom is 0.258 e. The molecule has 9 heteroatoms. The highest BCUT2D eigenvalue weighted by Gasteiger charge is 2.10. The van der Waals surface area contributed by atoms with Crippen LogP contribution in [0.3, 0.4) is 0 Å². The molecule has 1 amide bonds. The third kappa shape index (κ3) is 3.37. The van der Waals surface area contributed by atoms with E-state index < -0.39 is 0 Å². The molecule has 1 aromatic carbocycles. The maximum atomic E-state index is 12.2. The number of benzene rings is 1. The molecule has 0 unspecified atom stereocenters. The van der Waals surface area contributed by atoms with Gasteiger partial charge >= 0.3 is 0 Å². The summed E-state index contributed by atoms with van der Waals surface area (Å²) in [5.74, 6) is 0.487. The van der Waals surface area contributed by atoms with Crippen LogP contribution in [0, 0.1) is 6.92 Å². The lowest BCUT2D eigenvalue weighted by Gasteiger charge is -2.00. The van der Waals surface area contributed by atoms with Crippen molar-refractivity contribution in [2.45, 2.75) is 23.9 Å². The molecule has 1 N–H and O–H groups in total. The fourth-order valence-corrected chi connectivity index (χ4v) is 5.45. The Balaban J connectivity index is 1.56. The van der Waals surface area contributed by atoms with E-state index in [2.05, 4.69) is 15.3 Å². The summed E-state index contributed by atoms with van der Waals surface area (Å²) in [6.07, 6.45) is 0. The zero-order valence-electron chi connectivity index (χ0n) is 14.0. The standard InChI is InChI=1S/C17H14N4O2S3/c1-9-7-24-16-19-12(6-15(23)21(9)16)8-25-17-20-13-4-3-11(18-10(2)22)5-14(13)26-17/h3-7H,8H2,1-2H3,(H,18,22). The van der Waals surface area contributed by atoms with Gasteiger partial charge in [0, 0.05) is 35.5 Å². The number of amides is 1. The molecule has 0 aliphatic rings. The monoisotopic (exact) mass is 402 g/mol. The number of rotatable bonds is 4. The van der Waals surface area contributed by atoms with Gasteiger partial charge in [0.05, 0.1) is 15.9 Å². The molecule has 0 radical (unpaired) electrons. The molecule has 6 nitrogen and oxygen atoms in total. The van der Waals surface area contributed by atoms with E-state index in [0.717, 1.165) is 36.6 Å². The molecule has 0 bridgehead atoms. The van der Waals surface area contributed by atoms with Gasteiger partial charge in [-0.3, -0.25) is 14.0 Å². The lowest BCUT2D eigenvalue weighted by molar-refractivity contribution is -0.114. The number of thioether (sulfide) groups is 1. The van der Waals surface area contributed by atoms with Crippen LogP contribution < -0.4 is 10.9 Å². The van der Waals surface area contributed by atoms with Crippen molar-refractivity contribution in [3.8, 4) is 0 Å². The van der Waals surface area contributed by atoms with Gasteiger partial charge in [-0.1, -0.05) is 11.8 Å². The van der Waals surface area contributed by atoms with Gasteiger partial charge in [-0.25, -0.2) is 9.97 Å². The molecule has 0 fully saturated rings. The maximum absolute atomic E-state index is 12.2. The average molecular weight is 403 g/mol. The highest BCUT2D eigenvalue weighted by Crippen LogP contribution is 2.32. The zero-order chi connectivity index (χ0) is 18.3. The van der Waals surface area contributed by atoms with Crippen LogP contribution in [0.25, 0.3) is 15.2 Å². The molecule has 0 aliphatic carbocycles. The third-order valence-electron chi connectivity index (χ3n) is 3.66. The molecule has 0 saturated carbocycles. The van der Waals surface area contributed by atoms with E-state index in [4.69, 9.17) is 0 Å². The summed E-state index contributed by atoms with van der Waals surface area (Å²) in [6.45, 7) is 3.39. The van der Waals surface area contributed by atoms with Crippen molar-refractivity contribution in [3.63, 3.8) is 0 Å². The topological polar surface area (TPSA) is 76.4 Å². The van der Waals surface area contributed by atoms with E-state index in [1.807, 2.05) is 30.5 Å². The van der Waals surface area contributed by atoms with Gasteiger partial charge in [0.2, 0.25) is 5.91 Å². The van der Waals surface area contributed by atoms with Crippen molar-refractivity contribution in [1.29, 1.82) is 0 Å². The summed E-state index contributed by atoms with van der Waals surface area (Å²) in [5.41, 5.74) is 3.26. The zero-order valence-corrected chi connectivity index (χ0v) is 16.4. The fourth-order valence-electron chi connectivity index (χ4n) is 2.56. The Morgan fingerprint density at radius 3 is 2.96 bits per heavy atom. The average Bonchev–Trinajstić information content (AvgIpc) is 3.15. The number of hydrogen-bond acceptors (Lipinski definition) is 7. The molecule has 3 aromatic heterocycles. The molecule has 0 aliphatic heterocycles. The number of hydrogen-bond donors (Lipinski definition) is 1. The van der Waals surface area contributed by atoms with Gasteiger partial charge in [-0.15, -0.1) is 22.7 Å². The molecular weight excluding hydrogens is 388 g/mol. The minimum Gasteiger partial charge on any atom is -0.326 e. The number of fused-ring (bicyclic) bond motifs is 2. The first-order chi connectivity index (χ1) is 12.5. The van der Waals surface area contributed by atoms with Crippen molar-refractivity contribution in [3.05, 3.63) is 51.4 Å². The lowest BCUT2D eigenvalue weighted by atomic mass is 10.3. The SMILES string of the molecule is CC(=O)Nc1ccc2nc(SCc3cc(=O)n4c(C)csc4n3)sc2c1. The first kappa shape index (κ1) is 17.2. The number of thiazole rings is 2. The normalized spacial score (nSPS) is 11.3. The Bertz CT molecular complexity index is 1190. The van der Waals surface area contributed by atoms with Crippen LogP contribution in [0.2, 0.25) is 0 Å². The summed E-state index contributed by atoms with van der Waals surface area (Å²) < 4.78 is 3.54. The van der Waals surface area contributed by atoms with E-state index >= 15 is 0 Å². The van der Waals surface area contributed by atoms with Crippen LogP contribution in [0.15, 0.2) is 38.8 Å². The molecule has 0 spiro atoms. The van der Waals surface area contributed by atoms with Crippen LogP contribution >= 0.6 is 34.4 Å². The second kappa shape index (κ2) is 6.82. The number of nitrogens with zero attached hydrogens (tertiary/aromatic N) is 3. The summed E-state index contributed by atoms with van der Waals surface area (Å²) in [6, 6.07) is 7.24. The number of carbonyl (C=O) groups is 1. The van der Waals surface area contributed by atoms with Crippen molar-refractivity contribution < 1.29 is 4.79 Å². The first-order valence-electron chi connectivity index (χ1n) is 7.77. The van der Waals surface area contributed by atoms with Crippen LogP contribution in [0.1, 0.15) is 18.3 Å². The highest BCUT2D eigenvalue weighted by molar-refractivity contribution is 8.00. The second-order valence-corrected chi connectivity index (χ2v) is 8.80. The molecule has 3 heterocycles. The van der Waals surface area contributed by atoms with E-state index in [0.29, 0.717) is 5.75 Å². The first-order valence-corrected chi connectivity index (χ1v) is 10.5. The van der Waals surface area contributed by atoms with Gasteiger partial charge in [-0.2, -0.15) is 0 Å². The van der Waals surface area contributed by atoms with Crippen LogP contribution in [0.5, 0.6) is 0 Å². The van der Waals surface area contributed by atoms with Gasteiger partial charge in [0.15, 0.2) is 9.30 Å². The molecule has 0 atom stereocenters. The Labute approximate surface area is 160 Å². The van der Waals surface area contributed by atoms with E-state index in [9.17, 15) is 9.59 Å². The summed E-state index contributed by atoms with van der Waals surface area (Å²) >= 11 is 4.59. The third-order valence-corrected chi connectivity index (χ3v) is 6.80. The van der Waals surface area contributed by atoms with E-state index in [1.165, 1.54) is 18.3 Å². The Hall–Kier alpha value is -2.23. The predicted octanol–water partition coefficient (Wildman–Crippen LogP) is 3.92. The van der Waals surface area contributed by atoms with Gasteiger partial charge in [0.25, 0.3) is 5.56 Å². The smallest absolute Gasteiger partial charge is 0.258 e. The fraction of sp³-hybridized carbons (Fsp3) is 0.176. The van der Waals surface area contributed by atoms with Gasteiger partial charge < -0.3 is 5.32 Å². The number of aromatic nitrogens is 3. The number of carbonyl (C=O) groups excluding carboxylic acids is 1. The Morgan fingerprint density at radius 1 is 1.31 bits per heavy atom. The summed E-state index contributed by atoms with van der Waals surface area (Å²) in [7, 11) is 0. The Morgan fingerprint density at radius 2 is 2.15 bits per heavy atom. The van der Waals surface area contributed by atoms with Crippen molar-refractivity contribution in [2.24, 2.45) is 0 Å². The van der Waals surface area contributed by atoms with E-state index in [1.54, 1.807) is 33.6 Å². The molecule has 26 heavy (non-hydrogen) atoms. The summed E-state index contributed by atoms with van der Waals surface area (Å²) in [4.78, 5) is 33.3. The Kier molecular flexibility index (Phi) is 4.51. The summed E-state index contributed by atoms with van der Waals surface area (Å²) in [5, 5.41) is 4.71. The quantitative estimate of drug-likeness (QED) is 0.524. The van der Waals surface area contributed by atoms with Crippen LogP contribution in [-0.2, 0) is 10.5 Å². The minimum atomic E-state index is -0.0972. The number of nitrogens with one attached hydrogen (secondary N) is 1. The highest BCUT2D eigenvalue weighted by atomic mass is 32.2. The van der Waals surface area contributed by atoms with Gasteiger partial charge in [0.1, 0.15) is 0 Å². The largest absolute Gasteiger partial charge is 0.326 e. The predicted molar refractivity (Wildman–Crippen MR) is 108 cm³/mol. The van der Waals surface area contributed by atoms with Crippen molar-refractivity contribution >= 4 is 61.2 Å². The molecule has 0 saturated heterocycles.